The summed E-state index contributed by atoms with van der Waals surface area (Å²) in [6, 6.07) is 8.46. The summed E-state index contributed by atoms with van der Waals surface area (Å²) in [5.41, 5.74) is 1.98. The number of fused-ring (bicyclic) bond motifs is 3. The molecule has 1 N–H and O–H groups in total. The van der Waals surface area contributed by atoms with Crippen LogP contribution in [0.4, 0.5) is 4.79 Å². The molecule has 3 aromatic heterocycles. The standard InChI is InChI=1S/C24H24N2O8/c1-5-30-23(27)18-9-10-19(33-18)32-17-8-6-7-15-21(17)20-14(12-29-4)22(25-11-16(20)26-15)34-24(28)31-13(2)3/h6-11,13,26H,5,12H2,1-4H3. The van der Waals surface area contributed by atoms with Gasteiger partial charge in [0.25, 0.3) is 5.95 Å². The number of carbonyl (C=O) groups excluding carboxylic acids is 2. The monoisotopic (exact) mass is 468 g/mol. The van der Waals surface area contributed by atoms with Gasteiger partial charge in [-0.25, -0.2) is 14.6 Å². The molecule has 10 heteroatoms. The van der Waals surface area contributed by atoms with Crippen LogP contribution in [-0.2, 0) is 20.8 Å². The number of aromatic nitrogens is 2. The fourth-order valence-electron chi connectivity index (χ4n) is 3.50. The van der Waals surface area contributed by atoms with Crippen molar-refractivity contribution in [3.05, 3.63) is 47.9 Å². The Balaban J connectivity index is 1.79. The molecular weight excluding hydrogens is 444 g/mol. The van der Waals surface area contributed by atoms with Gasteiger partial charge in [0.2, 0.25) is 11.6 Å². The molecule has 0 bridgehead atoms. The Morgan fingerprint density at radius 2 is 1.94 bits per heavy atom. The third-order valence-corrected chi connectivity index (χ3v) is 4.75. The minimum Gasteiger partial charge on any atom is -0.460 e. The van der Waals surface area contributed by atoms with Crippen LogP contribution in [0, 0.1) is 0 Å². The smallest absolute Gasteiger partial charge is 0.460 e. The lowest BCUT2D eigenvalue weighted by atomic mass is 10.1. The number of carbonyl (C=O) groups is 2. The molecular formula is C24H24N2O8. The third kappa shape index (κ3) is 4.67. The Kier molecular flexibility index (Phi) is 6.69. The molecule has 0 saturated carbocycles. The minimum atomic E-state index is -0.863. The molecule has 0 spiro atoms. The normalized spacial score (nSPS) is 11.2. The van der Waals surface area contributed by atoms with E-state index < -0.39 is 12.1 Å². The van der Waals surface area contributed by atoms with E-state index in [0.29, 0.717) is 27.6 Å². The maximum atomic E-state index is 12.1. The number of nitrogens with one attached hydrogen (secondary N) is 1. The summed E-state index contributed by atoms with van der Waals surface area (Å²) in [4.78, 5) is 31.6. The molecule has 34 heavy (non-hydrogen) atoms. The highest BCUT2D eigenvalue weighted by Gasteiger charge is 2.22. The SMILES string of the molecule is CCOC(=O)c1ccc(Oc2cccc3[nH]c4cnc(OC(=O)OC(C)C)c(COC)c4c23)o1. The Bertz CT molecular complexity index is 1340. The molecule has 0 saturated heterocycles. The van der Waals surface area contributed by atoms with Crippen LogP contribution in [0.25, 0.3) is 21.8 Å². The van der Waals surface area contributed by atoms with Crippen LogP contribution in [0.3, 0.4) is 0 Å². The molecule has 4 aromatic rings. The quantitative estimate of drug-likeness (QED) is 0.341. The van der Waals surface area contributed by atoms with Crippen LogP contribution in [0.1, 0.15) is 36.9 Å². The lowest BCUT2D eigenvalue weighted by molar-refractivity contribution is 0.0484. The van der Waals surface area contributed by atoms with Crippen molar-refractivity contribution in [2.24, 2.45) is 0 Å². The number of hydrogen-bond donors (Lipinski definition) is 1. The average molecular weight is 468 g/mol. The highest BCUT2D eigenvalue weighted by atomic mass is 16.7. The summed E-state index contributed by atoms with van der Waals surface area (Å²) in [5, 5.41) is 1.40. The lowest BCUT2D eigenvalue weighted by Gasteiger charge is -2.12. The van der Waals surface area contributed by atoms with Crippen LogP contribution in [0.5, 0.6) is 17.6 Å². The molecule has 3 heterocycles. The zero-order valence-corrected chi connectivity index (χ0v) is 19.2. The number of nitrogens with zero attached hydrogens (tertiary/aromatic N) is 1. The first-order valence-electron chi connectivity index (χ1n) is 10.7. The Labute approximate surface area is 194 Å². The van der Waals surface area contributed by atoms with Crippen molar-refractivity contribution in [2.45, 2.75) is 33.5 Å². The second kappa shape index (κ2) is 9.84. The van der Waals surface area contributed by atoms with Gasteiger partial charge in [0.1, 0.15) is 5.75 Å². The molecule has 10 nitrogen and oxygen atoms in total. The topological polar surface area (TPSA) is 122 Å². The average Bonchev–Trinajstić information content (AvgIpc) is 3.40. The lowest BCUT2D eigenvalue weighted by Crippen LogP contribution is -2.17. The number of esters is 1. The van der Waals surface area contributed by atoms with Gasteiger partial charge in [-0.2, -0.15) is 0 Å². The zero-order valence-electron chi connectivity index (χ0n) is 19.2. The van der Waals surface area contributed by atoms with Crippen molar-refractivity contribution >= 4 is 33.9 Å². The molecule has 4 rings (SSSR count). The van der Waals surface area contributed by atoms with Crippen LogP contribution in [-0.4, -0.2) is 41.9 Å². The molecule has 0 aliphatic rings. The Hall–Kier alpha value is -4.05. The Morgan fingerprint density at radius 1 is 1.12 bits per heavy atom. The van der Waals surface area contributed by atoms with Crippen molar-refractivity contribution in [3.8, 4) is 17.6 Å². The highest BCUT2D eigenvalue weighted by Crippen LogP contribution is 2.39. The first-order chi connectivity index (χ1) is 16.4. The maximum Gasteiger partial charge on any atom is 0.515 e. The molecule has 178 valence electrons. The van der Waals surface area contributed by atoms with Gasteiger partial charge in [-0.15, -0.1) is 0 Å². The van der Waals surface area contributed by atoms with Crippen molar-refractivity contribution in [2.75, 3.05) is 13.7 Å². The number of aromatic amines is 1. The minimum absolute atomic E-state index is 0.0339. The molecule has 1 aromatic carbocycles. The number of furan rings is 1. The fraction of sp³-hybridized carbons (Fsp3) is 0.292. The van der Waals surface area contributed by atoms with Crippen LogP contribution in [0.2, 0.25) is 0 Å². The van der Waals surface area contributed by atoms with Crippen LogP contribution >= 0.6 is 0 Å². The van der Waals surface area contributed by atoms with E-state index in [0.717, 1.165) is 5.52 Å². The van der Waals surface area contributed by atoms with E-state index in [1.165, 1.54) is 19.2 Å². The molecule has 0 atom stereocenters. The predicted molar refractivity (Wildman–Crippen MR) is 121 cm³/mol. The second-order valence-electron chi connectivity index (χ2n) is 7.53. The number of benzene rings is 1. The second-order valence-corrected chi connectivity index (χ2v) is 7.53. The summed E-state index contributed by atoms with van der Waals surface area (Å²) >= 11 is 0. The van der Waals surface area contributed by atoms with Gasteiger partial charge >= 0.3 is 12.1 Å². The van der Waals surface area contributed by atoms with Crippen molar-refractivity contribution in [1.82, 2.24) is 9.97 Å². The summed E-state index contributed by atoms with van der Waals surface area (Å²) < 4.78 is 32.3. The van der Waals surface area contributed by atoms with E-state index in [2.05, 4.69) is 9.97 Å². The van der Waals surface area contributed by atoms with E-state index >= 15 is 0 Å². The Morgan fingerprint density at radius 3 is 2.68 bits per heavy atom. The van der Waals surface area contributed by atoms with Gasteiger partial charge in [-0.1, -0.05) is 6.07 Å². The number of ether oxygens (including phenoxy) is 5. The number of rotatable bonds is 8. The van der Waals surface area contributed by atoms with Crippen molar-refractivity contribution in [3.63, 3.8) is 0 Å². The van der Waals surface area contributed by atoms with E-state index in [9.17, 15) is 9.59 Å². The van der Waals surface area contributed by atoms with Gasteiger partial charge in [0.15, 0.2) is 0 Å². The van der Waals surface area contributed by atoms with Gasteiger partial charge in [-0.3, -0.25) is 0 Å². The molecule has 0 amide bonds. The van der Waals surface area contributed by atoms with Crippen LogP contribution < -0.4 is 9.47 Å². The third-order valence-electron chi connectivity index (χ3n) is 4.75. The van der Waals surface area contributed by atoms with E-state index in [4.69, 9.17) is 28.1 Å². The van der Waals surface area contributed by atoms with Gasteiger partial charge < -0.3 is 33.1 Å². The van der Waals surface area contributed by atoms with E-state index in [1.54, 1.807) is 33.0 Å². The van der Waals surface area contributed by atoms with Gasteiger partial charge in [0.05, 0.1) is 47.5 Å². The largest absolute Gasteiger partial charge is 0.515 e. The summed E-state index contributed by atoms with van der Waals surface area (Å²) in [7, 11) is 1.53. The van der Waals surface area contributed by atoms with Gasteiger partial charge in [0, 0.05) is 18.6 Å². The summed E-state index contributed by atoms with van der Waals surface area (Å²) in [6.07, 6.45) is 0.350. The molecule has 0 radical (unpaired) electrons. The van der Waals surface area contributed by atoms with Crippen molar-refractivity contribution in [1.29, 1.82) is 0 Å². The predicted octanol–water partition coefficient (Wildman–Crippen LogP) is 5.35. The molecule has 0 aliphatic carbocycles. The molecule has 0 unspecified atom stereocenters. The van der Waals surface area contributed by atoms with E-state index in [-0.39, 0.29) is 36.9 Å². The molecule has 0 aliphatic heterocycles. The highest BCUT2D eigenvalue weighted by molar-refractivity contribution is 6.12. The van der Waals surface area contributed by atoms with E-state index in [1.807, 2.05) is 12.1 Å². The summed E-state index contributed by atoms with van der Waals surface area (Å²) in [6.45, 7) is 5.50. The van der Waals surface area contributed by atoms with Gasteiger partial charge in [-0.05, 0) is 39.0 Å². The number of methoxy groups -OCH3 is 1. The maximum absolute atomic E-state index is 12.1. The van der Waals surface area contributed by atoms with Crippen LogP contribution in [0.15, 0.2) is 40.9 Å². The first kappa shape index (κ1) is 23.1. The first-order valence-corrected chi connectivity index (χ1v) is 10.7. The molecule has 0 fully saturated rings. The number of pyridine rings is 1. The summed E-state index contributed by atoms with van der Waals surface area (Å²) in [5.74, 6) is 0.0908. The fourth-order valence-corrected chi connectivity index (χ4v) is 3.50. The number of H-pyrrole nitrogens is 1. The number of hydrogen-bond acceptors (Lipinski definition) is 9. The van der Waals surface area contributed by atoms with Crippen molar-refractivity contribution < 1.29 is 37.7 Å². The zero-order chi connectivity index (χ0) is 24.2.